The topological polar surface area (TPSA) is 89.5 Å². The second-order valence-electron chi connectivity index (χ2n) is 7.75. The zero-order valence-electron chi connectivity index (χ0n) is 14.9. The summed E-state index contributed by atoms with van der Waals surface area (Å²) in [4.78, 5) is 25.6. The predicted molar refractivity (Wildman–Crippen MR) is 94.1 cm³/mol. The van der Waals surface area contributed by atoms with Gasteiger partial charge in [0.05, 0.1) is 4.92 Å². The van der Waals surface area contributed by atoms with Crippen molar-refractivity contribution in [1.82, 2.24) is 4.90 Å². The van der Waals surface area contributed by atoms with Crippen LogP contribution < -0.4 is 5.73 Å². The molecule has 2 rings (SSSR count). The number of hydrogen-bond donors (Lipinski definition) is 1. The molecule has 1 aromatic carbocycles. The summed E-state index contributed by atoms with van der Waals surface area (Å²) in [6.45, 7) is 9.03. The van der Waals surface area contributed by atoms with Gasteiger partial charge in [0.15, 0.2) is 0 Å². The quantitative estimate of drug-likeness (QED) is 0.680. The van der Waals surface area contributed by atoms with Crippen LogP contribution in [-0.4, -0.2) is 34.9 Å². The van der Waals surface area contributed by atoms with Crippen molar-refractivity contribution in [3.8, 4) is 0 Å². The summed E-state index contributed by atoms with van der Waals surface area (Å²) in [6.07, 6.45) is 1.94. The fourth-order valence-corrected chi connectivity index (χ4v) is 3.26. The highest BCUT2D eigenvalue weighted by atomic mass is 16.6. The number of nitrogens with zero attached hydrogens (tertiary/aromatic N) is 2. The van der Waals surface area contributed by atoms with Gasteiger partial charge in [0.25, 0.3) is 11.6 Å². The van der Waals surface area contributed by atoms with E-state index < -0.39 is 4.92 Å². The number of amides is 1. The first kappa shape index (κ1) is 18.4. The molecule has 1 aliphatic heterocycles. The Labute approximate surface area is 143 Å². The number of nitrogens with two attached hydrogens (primary N) is 1. The molecule has 2 atom stereocenters. The summed E-state index contributed by atoms with van der Waals surface area (Å²) in [5.41, 5.74) is 6.64. The Morgan fingerprint density at radius 2 is 2.08 bits per heavy atom. The van der Waals surface area contributed by atoms with Crippen molar-refractivity contribution < 1.29 is 9.72 Å². The van der Waals surface area contributed by atoms with Gasteiger partial charge in [-0.2, -0.15) is 0 Å². The van der Waals surface area contributed by atoms with Crippen LogP contribution in [-0.2, 0) is 5.41 Å². The smallest absolute Gasteiger partial charge is 0.273 e. The summed E-state index contributed by atoms with van der Waals surface area (Å²) in [7, 11) is 0. The number of piperidine rings is 1. The van der Waals surface area contributed by atoms with E-state index in [0.29, 0.717) is 24.2 Å². The van der Waals surface area contributed by atoms with E-state index in [0.717, 1.165) is 12.8 Å². The predicted octanol–water partition coefficient (Wildman–Crippen LogP) is 3.09. The number of nitro groups is 1. The van der Waals surface area contributed by atoms with Crippen molar-refractivity contribution in [2.75, 3.05) is 13.1 Å². The van der Waals surface area contributed by atoms with Gasteiger partial charge in [-0.25, -0.2) is 0 Å². The number of carbonyl (C=O) groups is 1. The third-order valence-corrected chi connectivity index (χ3v) is 4.74. The van der Waals surface area contributed by atoms with Crippen LogP contribution in [0.1, 0.15) is 56.5 Å². The highest BCUT2D eigenvalue weighted by Crippen LogP contribution is 2.32. The first-order chi connectivity index (χ1) is 11.1. The molecular formula is C18H27N3O3. The standard InChI is InChI=1S/C18H27N3O3/c1-12(19)14-6-5-9-20(11-14)17(22)13-7-8-15(18(2,3)4)16(10-13)21(23)24/h7-8,10,12,14H,5-6,9,11,19H2,1-4H3. The van der Waals surface area contributed by atoms with Gasteiger partial charge >= 0.3 is 0 Å². The summed E-state index contributed by atoms with van der Waals surface area (Å²) < 4.78 is 0. The number of hydrogen-bond acceptors (Lipinski definition) is 4. The Bertz CT molecular complexity index is 635. The fourth-order valence-electron chi connectivity index (χ4n) is 3.26. The zero-order chi connectivity index (χ0) is 18.1. The second-order valence-corrected chi connectivity index (χ2v) is 7.75. The molecule has 0 bridgehead atoms. The lowest BCUT2D eigenvalue weighted by molar-refractivity contribution is -0.386. The van der Waals surface area contributed by atoms with E-state index in [9.17, 15) is 14.9 Å². The van der Waals surface area contributed by atoms with Crippen LogP contribution in [0.2, 0.25) is 0 Å². The number of nitro benzene ring substituents is 1. The molecular weight excluding hydrogens is 306 g/mol. The van der Waals surface area contributed by atoms with E-state index in [4.69, 9.17) is 5.73 Å². The van der Waals surface area contributed by atoms with Crippen LogP contribution in [0.5, 0.6) is 0 Å². The normalized spacial score (nSPS) is 19.9. The maximum Gasteiger partial charge on any atom is 0.273 e. The first-order valence-corrected chi connectivity index (χ1v) is 8.45. The number of likely N-dealkylation sites (tertiary alicyclic amines) is 1. The van der Waals surface area contributed by atoms with Crippen molar-refractivity contribution in [3.05, 3.63) is 39.4 Å². The Kier molecular flexibility index (Phi) is 5.28. The second kappa shape index (κ2) is 6.89. The molecule has 1 aliphatic rings. The van der Waals surface area contributed by atoms with Gasteiger partial charge in [0.1, 0.15) is 0 Å². The third-order valence-electron chi connectivity index (χ3n) is 4.74. The Morgan fingerprint density at radius 1 is 1.42 bits per heavy atom. The SMILES string of the molecule is CC(N)C1CCCN(C(=O)c2ccc(C(C)(C)C)c([N+](=O)[O-])c2)C1. The summed E-state index contributed by atoms with van der Waals surface area (Å²) >= 11 is 0. The largest absolute Gasteiger partial charge is 0.338 e. The summed E-state index contributed by atoms with van der Waals surface area (Å²) in [5, 5.41) is 11.4. The fraction of sp³-hybridized carbons (Fsp3) is 0.611. The van der Waals surface area contributed by atoms with Gasteiger partial charge in [0, 0.05) is 36.3 Å². The van der Waals surface area contributed by atoms with Gasteiger partial charge in [-0.15, -0.1) is 0 Å². The molecule has 2 N–H and O–H groups in total. The van der Waals surface area contributed by atoms with Gasteiger partial charge in [-0.3, -0.25) is 14.9 Å². The van der Waals surface area contributed by atoms with Gasteiger partial charge in [-0.1, -0.05) is 26.8 Å². The molecule has 6 heteroatoms. The molecule has 0 aliphatic carbocycles. The van der Waals surface area contributed by atoms with E-state index in [2.05, 4.69) is 0 Å². The maximum atomic E-state index is 12.8. The molecule has 1 saturated heterocycles. The van der Waals surface area contributed by atoms with E-state index in [1.54, 1.807) is 17.0 Å². The van der Waals surface area contributed by atoms with E-state index in [1.165, 1.54) is 6.07 Å². The van der Waals surface area contributed by atoms with Crippen molar-refractivity contribution in [3.63, 3.8) is 0 Å². The van der Waals surface area contributed by atoms with Crippen LogP contribution >= 0.6 is 0 Å². The third kappa shape index (κ3) is 3.93. The van der Waals surface area contributed by atoms with Gasteiger partial charge < -0.3 is 10.6 Å². The lowest BCUT2D eigenvalue weighted by Gasteiger charge is -2.34. The zero-order valence-corrected chi connectivity index (χ0v) is 14.9. The minimum atomic E-state index is -0.404. The molecule has 24 heavy (non-hydrogen) atoms. The van der Waals surface area contributed by atoms with E-state index >= 15 is 0 Å². The van der Waals surface area contributed by atoms with Gasteiger partial charge in [-0.05, 0) is 37.2 Å². The van der Waals surface area contributed by atoms with Crippen molar-refractivity contribution >= 4 is 11.6 Å². The van der Waals surface area contributed by atoms with Crippen molar-refractivity contribution in [2.24, 2.45) is 11.7 Å². The average molecular weight is 333 g/mol. The molecule has 2 unspecified atom stereocenters. The summed E-state index contributed by atoms with van der Waals surface area (Å²) in [6, 6.07) is 4.86. The highest BCUT2D eigenvalue weighted by molar-refractivity contribution is 5.95. The Morgan fingerprint density at radius 3 is 2.62 bits per heavy atom. The average Bonchev–Trinajstić information content (AvgIpc) is 2.52. The number of carbonyl (C=O) groups excluding carboxylic acids is 1. The first-order valence-electron chi connectivity index (χ1n) is 8.45. The molecule has 0 spiro atoms. The lowest BCUT2D eigenvalue weighted by Crippen LogP contribution is -2.45. The molecule has 1 fully saturated rings. The lowest BCUT2D eigenvalue weighted by atomic mass is 9.85. The molecule has 1 aromatic rings. The molecule has 0 saturated carbocycles. The molecule has 1 heterocycles. The number of rotatable bonds is 3. The molecule has 132 valence electrons. The van der Waals surface area contributed by atoms with Gasteiger partial charge in [0.2, 0.25) is 0 Å². The molecule has 6 nitrogen and oxygen atoms in total. The Hall–Kier alpha value is -1.95. The Balaban J connectivity index is 2.30. The van der Waals surface area contributed by atoms with E-state index in [1.807, 2.05) is 27.7 Å². The summed E-state index contributed by atoms with van der Waals surface area (Å²) in [5.74, 6) is 0.135. The molecule has 0 radical (unpaired) electrons. The molecule has 1 amide bonds. The molecule has 0 aromatic heterocycles. The van der Waals surface area contributed by atoms with E-state index in [-0.39, 0.29) is 29.0 Å². The van der Waals surface area contributed by atoms with Crippen LogP contribution in [0.15, 0.2) is 18.2 Å². The van der Waals surface area contributed by atoms with Crippen LogP contribution in [0, 0.1) is 16.0 Å². The van der Waals surface area contributed by atoms with Crippen molar-refractivity contribution in [1.29, 1.82) is 0 Å². The minimum Gasteiger partial charge on any atom is -0.338 e. The van der Waals surface area contributed by atoms with Crippen LogP contribution in [0.3, 0.4) is 0 Å². The highest BCUT2D eigenvalue weighted by Gasteiger charge is 2.29. The van der Waals surface area contributed by atoms with Crippen LogP contribution in [0.25, 0.3) is 0 Å². The minimum absolute atomic E-state index is 0.00843. The van der Waals surface area contributed by atoms with Crippen LogP contribution in [0.4, 0.5) is 5.69 Å². The maximum absolute atomic E-state index is 12.8. The van der Waals surface area contributed by atoms with Crippen molar-refractivity contribution in [2.45, 2.75) is 52.0 Å². The number of benzene rings is 1. The monoisotopic (exact) mass is 333 g/mol.